The zero-order chi connectivity index (χ0) is 10.5. The first-order valence-corrected chi connectivity index (χ1v) is 4.62. The molecular weight excluding hydrogens is 176 g/mol. The van der Waals surface area contributed by atoms with Gasteiger partial charge in [-0.3, -0.25) is 9.98 Å². The molecule has 2 aliphatic rings. The highest BCUT2D eigenvalue weighted by molar-refractivity contribution is 5.59. The SMILES string of the molecule is C1=CN=CCC1.C1=CN=CCC1.C=O. The van der Waals surface area contributed by atoms with Gasteiger partial charge < -0.3 is 4.79 Å². The Morgan fingerprint density at radius 1 is 0.786 bits per heavy atom. The molecule has 0 fully saturated rings. The first kappa shape index (κ1) is 12.5. The zero-order valence-electron chi connectivity index (χ0n) is 8.30. The van der Waals surface area contributed by atoms with E-state index in [-0.39, 0.29) is 0 Å². The molecule has 14 heavy (non-hydrogen) atoms. The number of allylic oxidation sites excluding steroid dienone is 2. The Kier molecular flexibility index (Phi) is 10.3. The van der Waals surface area contributed by atoms with Crippen molar-refractivity contribution in [3.8, 4) is 0 Å². The number of carbonyl (C=O) groups excluding carboxylic acids is 1. The molecule has 76 valence electrons. The summed E-state index contributed by atoms with van der Waals surface area (Å²) in [6.07, 6.45) is 16.3. The van der Waals surface area contributed by atoms with Gasteiger partial charge in [0.05, 0.1) is 0 Å². The number of hydrogen-bond donors (Lipinski definition) is 0. The first-order chi connectivity index (χ1) is 7.00. The molecule has 0 atom stereocenters. The second-order valence-corrected chi connectivity index (χ2v) is 2.59. The molecule has 2 rings (SSSR count). The fraction of sp³-hybridized carbons (Fsp3) is 0.364. The van der Waals surface area contributed by atoms with Gasteiger partial charge in [0.15, 0.2) is 0 Å². The van der Waals surface area contributed by atoms with Gasteiger partial charge in [0.1, 0.15) is 6.79 Å². The van der Waals surface area contributed by atoms with Crippen LogP contribution in [0.4, 0.5) is 0 Å². The van der Waals surface area contributed by atoms with Crippen LogP contribution in [0.5, 0.6) is 0 Å². The smallest absolute Gasteiger partial charge is 0.106 e. The molecule has 3 nitrogen and oxygen atoms in total. The molecule has 0 aromatic carbocycles. The lowest BCUT2D eigenvalue weighted by Gasteiger charge is -1.87. The van der Waals surface area contributed by atoms with Crippen LogP contribution in [0, 0.1) is 0 Å². The van der Waals surface area contributed by atoms with Crippen LogP contribution in [0.3, 0.4) is 0 Å². The molecule has 0 N–H and O–H groups in total. The summed E-state index contributed by atoms with van der Waals surface area (Å²) in [4.78, 5) is 15.7. The molecule has 0 aliphatic carbocycles. The van der Waals surface area contributed by atoms with Crippen molar-refractivity contribution >= 4 is 19.2 Å². The van der Waals surface area contributed by atoms with Crippen LogP contribution in [0.15, 0.2) is 34.5 Å². The lowest BCUT2D eigenvalue weighted by Crippen LogP contribution is -1.75. The Labute approximate surface area is 85.0 Å². The van der Waals surface area contributed by atoms with E-state index in [1.165, 1.54) is 12.8 Å². The third kappa shape index (κ3) is 8.59. The normalized spacial score (nSPS) is 16.3. The van der Waals surface area contributed by atoms with Crippen molar-refractivity contribution in [2.24, 2.45) is 9.98 Å². The number of nitrogens with zero attached hydrogens (tertiary/aromatic N) is 2. The molecule has 0 bridgehead atoms. The molecule has 0 saturated carbocycles. The average Bonchev–Trinajstić information content (AvgIpc) is 2.37. The van der Waals surface area contributed by atoms with E-state index in [9.17, 15) is 0 Å². The predicted molar refractivity (Wildman–Crippen MR) is 60.9 cm³/mol. The molecular formula is C11H16N2O. The van der Waals surface area contributed by atoms with Gasteiger partial charge in [-0.25, -0.2) is 0 Å². The van der Waals surface area contributed by atoms with Gasteiger partial charge in [0.25, 0.3) is 0 Å². The Balaban J connectivity index is 0.000000206. The van der Waals surface area contributed by atoms with E-state index in [1.54, 1.807) is 0 Å². The standard InChI is InChI=1S/2C5H7N.CH2O/c2*1-2-4-6-5-3-1;1-2/h2*2,4-5H,1,3H2;1H2. The van der Waals surface area contributed by atoms with E-state index < -0.39 is 0 Å². The van der Waals surface area contributed by atoms with E-state index in [0.717, 1.165) is 12.8 Å². The molecule has 3 heteroatoms. The maximum Gasteiger partial charge on any atom is 0.106 e. The van der Waals surface area contributed by atoms with E-state index >= 15 is 0 Å². The van der Waals surface area contributed by atoms with Gasteiger partial charge in [0, 0.05) is 24.8 Å². The minimum Gasteiger partial charge on any atom is -0.307 e. The number of carbonyl (C=O) groups is 1. The van der Waals surface area contributed by atoms with Gasteiger partial charge in [0.2, 0.25) is 0 Å². The summed E-state index contributed by atoms with van der Waals surface area (Å²) in [5.41, 5.74) is 0. The van der Waals surface area contributed by atoms with Crippen molar-refractivity contribution in [3.05, 3.63) is 24.6 Å². The fourth-order valence-corrected chi connectivity index (χ4v) is 0.883. The van der Waals surface area contributed by atoms with Crippen molar-refractivity contribution in [2.45, 2.75) is 25.7 Å². The topological polar surface area (TPSA) is 41.8 Å². The molecule has 0 aromatic rings. The monoisotopic (exact) mass is 192 g/mol. The van der Waals surface area contributed by atoms with Crippen LogP contribution >= 0.6 is 0 Å². The Bertz CT molecular complexity index is 181. The molecule has 0 unspecified atom stereocenters. The van der Waals surface area contributed by atoms with Gasteiger partial charge in [-0.2, -0.15) is 0 Å². The number of aliphatic imine (C=N–C) groups is 2. The van der Waals surface area contributed by atoms with Crippen LogP contribution in [0.1, 0.15) is 25.7 Å². The fourth-order valence-electron chi connectivity index (χ4n) is 0.883. The highest BCUT2D eigenvalue weighted by Gasteiger charge is 1.79. The summed E-state index contributed by atoms with van der Waals surface area (Å²) >= 11 is 0. The molecule has 2 heterocycles. The summed E-state index contributed by atoms with van der Waals surface area (Å²) in [6, 6.07) is 0. The van der Waals surface area contributed by atoms with Crippen LogP contribution in [0.2, 0.25) is 0 Å². The van der Waals surface area contributed by atoms with Crippen molar-refractivity contribution in [3.63, 3.8) is 0 Å². The summed E-state index contributed by atoms with van der Waals surface area (Å²) in [7, 11) is 0. The van der Waals surface area contributed by atoms with Crippen molar-refractivity contribution in [1.82, 2.24) is 0 Å². The average molecular weight is 192 g/mol. The van der Waals surface area contributed by atoms with Gasteiger partial charge in [-0.1, -0.05) is 12.2 Å². The van der Waals surface area contributed by atoms with E-state index in [1.807, 2.05) is 31.6 Å². The third-order valence-corrected chi connectivity index (χ3v) is 1.52. The molecule has 2 aliphatic heterocycles. The maximum absolute atomic E-state index is 8.00. The Morgan fingerprint density at radius 2 is 1.21 bits per heavy atom. The summed E-state index contributed by atoms with van der Waals surface area (Å²) in [5, 5.41) is 0. The second kappa shape index (κ2) is 11.5. The zero-order valence-corrected chi connectivity index (χ0v) is 8.30. The molecule has 0 saturated heterocycles. The second-order valence-electron chi connectivity index (χ2n) is 2.59. The Hall–Kier alpha value is -1.51. The van der Waals surface area contributed by atoms with Crippen LogP contribution in [-0.4, -0.2) is 19.2 Å². The summed E-state index contributed by atoms with van der Waals surface area (Å²) in [6.45, 7) is 2.00. The highest BCUT2D eigenvalue weighted by Crippen LogP contribution is 1.93. The summed E-state index contributed by atoms with van der Waals surface area (Å²) in [5.74, 6) is 0. The number of hydrogen-bond acceptors (Lipinski definition) is 3. The van der Waals surface area contributed by atoms with Gasteiger partial charge in [-0.05, 0) is 25.7 Å². The first-order valence-electron chi connectivity index (χ1n) is 4.62. The Morgan fingerprint density at radius 3 is 1.29 bits per heavy atom. The van der Waals surface area contributed by atoms with E-state index in [0.29, 0.717) is 0 Å². The third-order valence-electron chi connectivity index (χ3n) is 1.52. The lowest BCUT2D eigenvalue weighted by molar-refractivity contribution is -0.0979. The van der Waals surface area contributed by atoms with Gasteiger partial charge in [-0.15, -0.1) is 0 Å². The molecule has 0 amide bonds. The highest BCUT2D eigenvalue weighted by atomic mass is 16.1. The summed E-state index contributed by atoms with van der Waals surface area (Å²) < 4.78 is 0. The number of rotatable bonds is 0. The quantitative estimate of drug-likeness (QED) is 0.581. The van der Waals surface area contributed by atoms with Crippen LogP contribution < -0.4 is 0 Å². The van der Waals surface area contributed by atoms with Crippen LogP contribution in [-0.2, 0) is 4.79 Å². The van der Waals surface area contributed by atoms with Crippen LogP contribution in [0.25, 0.3) is 0 Å². The van der Waals surface area contributed by atoms with Crippen molar-refractivity contribution < 1.29 is 4.79 Å². The predicted octanol–water partition coefficient (Wildman–Crippen LogP) is 2.54. The van der Waals surface area contributed by atoms with Crippen molar-refractivity contribution in [1.29, 1.82) is 0 Å². The minimum atomic E-state index is 1.12. The van der Waals surface area contributed by atoms with Gasteiger partial charge >= 0.3 is 0 Å². The molecule has 0 aromatic heterocycles. The molecule has 0 radical (unpaired) electrons. The largest absolute Gasteiger partial charge is 0.307 e. The molecule has 0 spiro atoms. The minimum absolute atomic E-state index is 1.12. The lowest BCUT2D eigenvalue weighted by atomic mass is 10.3. The van der Waals surface area contributed by atoms with Crippen molar-refractivity contribution in [2.75, 3.05) is 0 Å². The van der Waals surface area contributed by atoms with E-state index in [4.69, 9.17) is 4.79 Å². The maximum atomic E-state index is 8.00. The van der Waals surface area contributed by atoms with E-state index in [2.05, 4.69) is 22.1 Å².